The first-order valence-corrected chi connectivity index (χ1v) is 10.2. The number of nitrogens with zero attached hydrogens (tertiary/aromatic N) is 1. The van der Waals surface area contributed by atoms with Crippen molar-refractivity contribution in [2.45, 2.75) is 17.7 Å². The number of hydrogen-bond donors (Lipinski definition) is 1. The van der Waals surface area contributed by atoms with Crippen LogP contribution in [0.1, 0.15) is 23.2 Å². The zero-order chi connectivity index (χ0) is 18.7. The fourth-order valence-corrected chi connectivity index (χ4v) is 3.63. The zero-order valence-corrected chi connectivity index (χ0v) is 15.2. The van der Waals surface area contributed by atoms with E-state index < -0.39 is 9.84 Å². The summed E-state index contributed by atoms with van der Waals surface area (Å²) in [5.74, 6) is -0.477. The standard InChI is InChI=1S/C18H20N2O5S/c1-26(23,24)16-4-2-3-15(11-16)19-17(21)13-5-8-20(9-6-13)18(22)14-7-10-25-12-14/h2-4,7,10-13H,5-6,8-9H2,1H3,(H,19,21). The molecule has 7 nitrogen and oxygen atoms in total. The molecule has 1 aromatic carbocycles. The van der Waals surface area contributed by atoms with Crippen molar-refractivity contribution in [1.29, 1.82) is 0 Å². The molecule has 26 heavy (non-hydrogen) atoms. The molecule has 1 aromatic heterocycles. The van der Waals surface area contributed by atoms with E-state index >= 15 is 0 Å². The number of benzene rings is 1. The average molecular weight is 376 g/mol. The number of rotatable bonds is 4. The van der Waals surface area contributed by atoms with Gasteiger partial charge in [0.25, 0.3) is 5.91 Å². The number of nitrogens with one attached hydrogen (secondary N) is 1. The monoisotopic (exact) mass is 376 g/mol. The fraction of sp³-hybridized carbons (Fsp3) is 0.333. The van der Waals surface area contributed by atoms with Gasteiger partial charge in [0, 0.05) is 31.0 Å². The van der Waals surface area contributed by atoms with Crippen LogP contribution in [-0.4, -0.2) is 44.5 Å². The summed E-state index contributed by atoms with van der Waals surface area (Å²) in [6.07, 6.45) is 5.11. The number of sulfone groups is 1. The average Bonchev–Trinajstić information content (AvgIpc) is 3.15. The Kier molecular flexibility index (Phi) is 5.13. The number of likely N-dealkylation sites (tertiary alicyclic amines) is 1. The first-order chi connectivity index (χ1) is 12.3. The number of carbonyl (C=O) groups is 2. The van der Waals surface area contributed by atoms with E-state index in [0.717, 1.165) is 6.26 Å². The zero-order valence-electron chi connectivity index (χ0n) is 14.3. The van der Waals surface area contributed by atoms with E-state index in [9.17, 15) is 18.0 Å². The summed E-state index contributed by atoms with van der Waals surface area (Å²) in [7, 11) is -3.33. The van der Waals surface area contributed by atoms with Crippen molar-refractivity contribution in [3.05, 3.63) is 48.4 Å². The Bertz CT molecular complexity index is 897. The molecule has 0 atom stereocenters. The van der Waals surface area contributed by atoms with Crippen LogP contribution in [0.15, 0.2) is 52.2 Å². The molecule has 1 aliphatic heterocycles. The molecule has 138 valence electrons. The lowest BCUT2D eigenvalue weighted by Crippen LogP contribution is -2.41. The maximum Gasteiger partial charge on any atom is 0.257 e. The van der Waals surface area contributed by atoms with Gasteiger partial charge in [0.15, 0.2) is 9.84 Å². The van der Waals surface area contributed by atoms with Gasteiger partial charge in [-0.15, -0.1) is 0 Å². The van der Waals surface area contributed by atoms with Crippen molar-refractivity contribution >= 4 is 27.3 Å². The quantitative estimate of drug-likeness (QED) is 0.882. The van der Waals surface area contributed by atoms with Crippen molar-refractivity contribution < 1.29 is 22.4 Å². The Morgan fingerprint density at radius 2 is 1.92 bits per heavy atom. The van der Waals surface area contributed by atoms with Gasteiger partial charge in [-0.05, 0) is 37.1 Å². The number of amides is 2. The highest BCUT2D eigenvalue weighted by atomic mass is 32.2. The summed E-state index contributed by atoms with van der Waals surface area (Å²) in [5.41, 5.74) is 0.959. The van der Waals surface area contributed by atoms with E-state index in [1.807, 2.05) is 0 Å². The highest BCUT2D eigenvalue weighted by Crippen LogP contribution is 2.22. The van der Waals surface area contributed by atoms with E-state index in [1.54, 1.807) is 23.1 Å². The summed E-state index contributed by atoms with van der Waals surface area (Å²) in [6, 6.07) is 7.81. The first-order valence-electron chi connectivity index (χ1n) is 8.27. The summed E-state index contributed by atoms with van der Waals surface area (Å²) < 4.78 is 28.2. The van der Waals surface area contributed by atoms with Crippen LogP contribution < -0.4 is 5.32 Å². The fourth-order valence-electron chi connectivity index (χ4n) is 2.96. The normalized spacial score (nSPS) is 15.7. The van der Waals surface area contributed by atoms with Crippen molar-refractivity contribution in [2.75, 3.05) is 24.7 Å². The van der Waals surface area contributed by atoms with Crippen LogP contribution in [0.3, 0.4) is 0 Å². The highest BCUT2D eigenvalue weighted by Gasteiger charge is 2.28. The molecule has 0 saturated carbocycles. The van der Waals surface area contributed by atoms with Crippen LogP contribution in [0.2, 0.25) is 0 Å². The van der Waals surface area contributed by atoms with Crippen LogP contribution >= 0.6 is 0 Å². The largest absolute Gasteiger partial charge is 0.472 e. The molecule has 2 heterocycles. The SMILES string of the molecule is CS(=O)(=O)c1cccc(NC(=O)C2CCN(C(=O)c3ccoc3)CC2)c1. The van der Waals surface area contributed by atoms with E-state index in [-0.39, 0.29) is 22.6 Å². The first kappa shape index (κ1) is 18.2. The Morgan fingerprint density at radius 3 is 2.54 bits per heavy atom. The van der Waals surface area contributed by atoms with Crippen LogP contribution in [0.5, 0.6) is 0 Å². The number of carbonyl (C=O) groups excluding carboxylic acids is 2. The Morgan fingerprint density at radius 1 is 1.19 bits per heavy atom. The molecule has 8 heteroatoms. The van der Waals surface area contributed by atoms with Crippen LogP contribution in [0.4, 0.5) is 5.69 Å². The molecule has 0 bridgehead atoms. The van der Waals surface area contributed by atoms with Crippen LogP contribution in [0.25, 0.3) is 0 Å². The van der Waals surface area contributed by atoms with Gasteiger partial charge in [0.05, 0.1) is 16.7 Å². The molecule has 1 fully saturated rings. The third-order valence-corrected chi connectivity index (χ3v) is 5.56. The molecule has 2 amide bonds. The Labute approximate surface area is 151 Å². The summed E-state index contributed by atoms with van der Waals surface area (Å²) in [5, 5.41) is 2.77. The molecular formula is C18H20N2O5S. The smallest absolute Gasteiger partial charge is 0.257 e. The van der Waals surface area contributed by atoms with Gasteiger partial charge in [-0.25, -0.2) is 8.42 Å². The maximum absolute atomic E-state index is 12.5. The second-order valence-corrected chi connectivity index (χ2v) is 8.38. The van der Waals surface area contributed by atoms with Gasteiger partial charge in [-0.2, -0.15) is 0 Å². The molecule has 3 rings (SSSR count). The maximum atomic E-state index is 12.5. The summed E-state index contributed by atoms with van der Waals surface area (Å²) >= 11 is 0. The predicted octanol–water partition coefficient (Wildman–Crippen LogP) is 2.17. The van der Waals surface area contributed by atoms with E-state index in [1.165, 1.54) is 24.7 Å². The molecular weight excluding hydrogens is 356 g/mol. The molecule has 1 N–H and O–H groups in total. The molecule has 0 spiro atoms. The second-order valence-electron chi connectivity index (χ2n) is 6.37. The predicted molar refractivity (Wildman–Crippen MR) is 95.5 cm³/mol. The minimum absolute atomic E-state index is 0.0986. The summed E-state index contributed by atoms with van der Waals surface area (Å²) in [6.45, 7) is 0.983. The van der Waals surface area contributed by atoms with E-state index in [0.29, 0.717) is 37.2 Å². The number of anilines is 1. The van der Waals surface area contributed by atoms with Crippen LogP contribution in [-0.2, 0) is 14.6 Å². The molecule has 1 aliphatic rings. The lowest BCUT2D eigenvalue weighted by molar-refractivity contribution is -0.121. The Balaban J connectivity index is 1.58. The van der Waals surface area contributed by atoms with E-state index in [4.69, 9.17) is 4.42 Å². The highest BCUT2D eigenvalue weighted by molar-refractivity contribution is 7.90. The number of furan rings is 1. The van der Waals surface area contributed by atoms with Crippen LogP contribution in [0, 0.1) is 5.92 Å². The lowest BCUT2D eigenvalue weighted by Gasteiger charge is -2.31. The lowest BCUT2D eigenvalue weighted by atomic mass is 9.95. The molecule has 1 saturated heterocycles. The molecule has 0 unspecified atom stereocenters. The molecule has 0 radical (unpaired) electrons. The number of piperidine rings is 1. The molecule has 0 aliphatic carbocycles. The topological polar surface area (TPSA) is 96.7 Å². The van der Waals surface area contributed by atoms with Crippen molar-refractivity contribution in [1.82, 2.24) is 4.90 Å². The number of hydrogen-bond acceptors (Lipinski definition) is 5. The van der Waals surface area contributed by atoms with Crippen molar-refractivity contribution in [3.8, 4) is 0 Å². The molecule has 2 aromatic rings. The van der Waals surface area contributed by atoms with Gasteiger partial charge >= 0.3 is 0 Å². The van der Waals surface area contributed by atoms with Gasteiger partial charge in [-0.1, -0.05) is 6.07 Å². The second kappa shape index (κ2) is 7.33. The van der Waals surface area contributed by atoms with Gasteiger partial charge in [0.1, 0.15) is 6.26 Å². The third-order valence-electron chi connectivity index (χ3n) is 4.45. The van der Waals surface area contributed by atoms with Gasteiger partial charge < -0.3 is 14.6 Å². The van der Waals surface area contributed by atoms with E-state index in [2.05, 4.69) is 5.32 Å². The van der Waals surface area contributed by atoms with Gasteiger partial charge in [-0.3, -0.25) is 9.59 Å². The van der Waals surface area contributed by atoms with Crippen molar-refractivity contribution in [3.63, 3.8) is 0 Å². The van der Waals surface area contributed by atoms with Gasteiger partial charge in [0.2, 0.25) is 5.91 Å². The summed E-state index contributed by atoms with van der Waals surface area (Å²) in [4.78, 5) is 26.6. The minimum Gasteiger partial charge on any atom is -0.472 e. The Hall–Kier alpha value is -2.61. The minimum atomic E-state index is -3.33. The third kappa shape index (κ3) is 4.13. The van der Waals surface area contributed by atoms with Crippen molar-refractivity contribution in [2.24, 2.45) is 5.92 Å².